The predicted molar refractivity (Wildman–Crippen MR) is 36.3 cm³/mol. The second kappa shape index (κ2) is 3.76. The van der Waals surface area contributed by atoms with Crippen molar-refractivity contribution in [3.63, 3.8) is 0 Å². The van der Waals surface area contributed by atoms with Crippen molar-refractivity contribution in [3.8, 4) is 0 Å². The van der Waals surface area contributed by atoms with Gasteiger partial charge in [0.15, 0.2) is 0 Å². The zero-order chi connectivity index (χ0) is 9.07. The van der Waals surface area contributed by atoms with Gasteiger partial charge >= 0.3 is 6.18 Å². The Balaban J connectivity index is 3.71. The molecular formula is C7H11F3O. The summed E-state index contributed by atoms with van der Waals surface area (Å²) in [5.41, 5.74) is -0.841. The van der Waals surface area contributed by atoms with Crippen LogP contribution in [0.25, 0.3) is 0 Å². The number of hydrogen-bond acceptors (Lipinski definition) is 1. The molecule has 0 aromatic heterocycles. The van der Waals surface area contributed by atoms with Crippen LogP contribution >= 0.6 is 0 Å². The van der Waals surface area contributed by atoms with E-state index in [1.165, 1.54) is 0 Å². The summed E-state index contributed by atoms with van der Waals surface area (Å²) in [5, 5.41) is 0. The third-order valence-corrected chi connectivity index (χ3v) is 0.992. The third-order valence-electron chi connectivity index (χ3n) is 0.992. The molecule has 0 bridgehead atoms. The molecule has 0 radical (unpaired) electrons. The van der Waals surface area contributed by atoms with Crippen molar-refractivity contribution in [2.24, 2.45) is 0 Å². The highest BCUT2D eigenvalue weighted by atomic mass is 19.4. The molecule has 0 saturated carbocycles. The van der Waals surface area contributed by atoms with E-state index in [1.807, 2.05) is 0 Å². The van der Waals surface area contributed by atoms with Gasteiger partial charge in [0.2, 0.25) is 0 Å². The quantitative estimate of drug-likeness (QED) is 0.588. The van der Waals surface area contributed by atoms with E-state index in [1.54, 1.807) is 13.8 Å². The van der Waals surface area contributed by atoms with E-state index in [0.29, 0.717) is 0 Å². The molecule has 4 heteroatoms. The third kappa shape index (κ3) is 4.84. The van der Waals surface area contributed by atoms with Crippen molar-refractivity contribution in [3.05, 3.63) is 12.2 Å². The lowest BCUT2D eigenvalue weighted by Crippen LogP contribution is -2.17. The van der Waals surface area contributed by atoms with Crippen LogP contribution in [0.15, 0.2) is 12.2 Å². The van der Waals surface area contributed by atoms with E-state index in [0.717, 1.165) is 0 Å². The number of alkyl halides is 3. The maximum atomic E-state index is 11.7. The maximum Gasteiger partial charge on any atom is 0.414 e. The number of ether oxygens (including phenoxy) is 1. The molecule has 0 aliphatic carbocycles. The summed E-state index contributed by atoms with van der Waals surface area (Å²) in [6, 6.07) is 0. The standard InChI is InChI=1S/C7H11F3O/c1-5(2)11-4-6(3)7(8,9)10/h5H,3-4H2,1-2H3. The molecule has 11 heavy (non-hydrogen) atoms. The minimum absolute atomic E-state index is 0.200. The summed E-state index contributed by atoms with van der Waals surface area (Å²) in [6.07, 6.45) is -4.52. The monoisotopic (exact) mass is 168 g/mol. The first-order chi connectivity index (χ1) is 4.84. The van der Waals surface area contributed by atoms with Crippen LogP contribution in [0.3, 0.4) is 0 Å². The first-order valence-electron chi connectivity index (χ1n) is 3.20. The Hall–Kier alpha value is -0.510. The molecule has 0 amide bonds. The van der Waals surface area contributed by atoms with E-state index >= 15 is 0 Å². The first-order valence-corrected chi connectivity index (χ1v) is 3.20. The Morgan fingerprint density at radius 2 is 1.91 bits per heavy atom. The van der Waals surface area contributed by atoms with Crippen molar-refractivity contribution >= 4 is 0 Å². The zero-order valence-corrected chi connectivity index (χ0v) is 6.53. The van der Waals surface area contributed by atoms with Crippen LogP contribution < -0.4 is 0 Å². The molecule has 66 valence electrons. The van der Waals surface area contributed by atoms with Crippen molar-refractivity contribution in [1.29, 1.82) is 0 Å². The molecule has 0 aliphatic rings. The van der Waals surface area contributed by atoms with Gasteiger partial charge in [-0.15, -0.1) is 0 Å². The van der Waals surface area contributed by atoms with Crippen LogP contribution in [0.4, 0.5) is 13.2 Å². The molecule has 0 heterocycles. The average Bonchev–Trinajstić information content (AvgIpc) is 1.80. The zero-order valence-electron chi connectivity index (χ0n) is 6.53. The van der Waals surface area contributed by atoms with Gasteiger partial charge in [-0.2, -0.15) is 13.2 Å². The van der Waals surface area contributed by atoms with Crippen LogP contribution in [-0.4, -0.2) is 18.9 Å². The molecule has 0 aromatic carbocycles. The molecule has 0 spiro atoms. The SMILES string of the molecule is C=C(COC(C)C)C(F)(F)F. The summed E-state index contributed by atoms with van der Waals surface area (Å²) in [6.45, 7) is 5.75. The van der Waals surface area contributed by atoms with E-state index in [2.05, 4.69) is 6.58 Å². The number of hydrogen-bond donors (Lipinski definition) is 0. The van der Waals surface area contributed by atoms with Gasteiger partial charge in [-0.1, -0.05) is 6.58 Å². The summed E-state index contributed by atoms with van der Waals surface area (Å²) < 4.78 is 39.9. The summed E-state index contributed by atoms with van der Waals surface area (Å²) in [5.74, 6) is 0. The molecular weight excluding hydrogens is 157 g/mol. The van der Waals surface area contributed by atoms with E-state index in [9.17, 15) is 13.2 Å². The molecule has 0 rings (SSSR count). The van der Waals surface area contributed by atoms with Crippen molar-refractivity contribution in [1.82, 2.24) is 0 Å². The van der Waals surface area contributed by atoms with Gasteiger partial charge < -0.3 is 4.74 Å². The van der Waals surface area contributed by atoms with Gasteiger partial charge in [0.25, 0.3) is 0 Å². The van der Waals surface area contributed by atoms with Crippen molar-refractivity contribution in [2.45, 2.75) is 26.1 Å². The van der Waals surface area contributed by atoms with Gasteiger partial charge in [0.05, 0.1) is 18.3 Å². The highest BCUT2D eigenvalue weighted by Crippen LogP contribution is 2.24. The van der Waals surface area contributed by atoms with Gasteiger partial charge in [0.1, 0.15) is 0 Å². The van der Waals surface area contributed by atoms with E-state index in [-0.39, 0.29) is 6.10 Å². The van der Waals surface area contributed by atoms with Crippen LogP contribution in [0.2, 0.25) is 0 Å². The molecule has 0 saturated heterocycles. The Morgan fingerprint density at radius 1 is 1.45 bits per heavy atom. The lowest BCUT2D eigenvalue weighted by atomic mass is 10.3. The molecule has 0 atom stereocenters. The number of halogens is 3. The smallest absolute Gasteiger partial charge is 0.374 e. The fourth-order valence-corrected chi connectivity index (χ4v) is 0.349. The van der Waals surface area contributed by atoms with Crippen LogP contribution in [0.5, 0.6) is 0 Å². The van der Waals surface area contributed by atoms with Gasteiger partial charge in [-0.25, -0.2) is 0 Å². The Labute approximate surface area is 63.8 Å². The minimum atomic E-state index is -4.32. The van der Waals surface area contributed by atoms with Gasteiger partial charge in [-0.3, -0.25) is 0 Å². The summed E-state index contributed by atoms with van der Waals surface area (Å²) in [4.78, 5) is 0. The minimum Gasteiger partial charge on any atom is -0.374 e. The highest BCUT2D eigenvalue weighted by Gasteiger charge is 2.31. The molecule has 0 aliphatic heterocycles. The molecule has 1 nitrogen and oxygen atoms in total. The van der Waals surface area contributed by atoms with E-state index in [4.69, 9.17) is 4.74 Å². The lowest BCUT2D eigenvalue weighted by molar-refractivity contribution is -0.102. The molecule has 0 unspecified atom stereocenters. The fourth-order valence-electron chi connectivity index (χ4n) is 0.349. The van der Waals surface area contributed by atoms with Crippen molar-refractivity contribution in [2.75, 3.05) is 6.61 Å². The Kier molecular flexibility index (Phi) is 3.58. The van der Waals surface area contributed by atoms with Gasteiger partial charge in [0, 0.05) is 0 Å². The number of rotatable bonds is 3. The summed E-state index contributed by atoms with van der Waals surface area (Å²) in [7, 11) is 0. The van der Waals surface area contributed by atoms with Crippen LogP contribution in [0, 0.1) is 0 Å². The normalized spacial score (nSPS) is 12.2. The topological polar surface area (TPSA) is 9.23 Å². The Bertz CT molecular complexity index is 137. The van der Waals surface area contributed by atoms with E-state index < -0.39 is 18.4 Å². The average molecular weight is 168 g/mol. The molecule has 0 N–H and O–H groups in total. The lowest BCUT2D eigenvalue weighted by Gasteiger charge is -2.11. The van der Waals surface area contributed by atoms with Crippen LogP contribution in [0.1, 0.15) is 13.8 Å². The molecule has 0 aromatic rings. The van der Waals surface area contributed by atoms with Gasteiger partial charge in [-0.05, 0) is 13.8 Å². The Morgan fingerprint density at radius 3 is 2.18 bits per heavy atom. The largest absolute Gasteiger partial charge is 0.414 e. The molecule has 0 fully saturated rings. The highest BCUT2D eigenvalue weighted by molar-refractivity contribution is 5.02. The predicted octanol–water partition coefficient (Wildman–Crippen LogP) is 2.53. The van der Waals surface area contributed by atoms with Crippen LogP contribution in [-0.2, 0) is 4.74 Å². The maximum absolute atomic E-state index is 11.7. The summed E-state index contributed by atoms with van der Waals surface area (Å²) >= 11 is 0. The van der Waals surface area contributed by atoms with Crippen molar-refractivity contribution < 1.29 is 17.9 Å². The second-order valence-electron chi connectivity index (χ2n) is 2.46. The fraction of sp³-hybridized carbons (Fsp3) is 0.714. The second-order valence-corrected chi connectivity index (χ2v) is 2.46. The first kappa shape index (κ1) is 10.5.